The highest BCUT2D eigenvalue weighted by molar-refractivity contribution is 5.25. The molecule has 2 rings (SSSR count). The summed E-state index contributed by atoms with van der Waals surface area (Å²) >= 11 is 0. The standard InChI is InChI=1S/C13H10F3N/c1-8-2-3-17-10(4-8)5-9-6-11(14)13(16)12(15)7-9/h2-4,6-7H,5H2,1H3. The van der Waals surface area contributed by atoms with Gasteiger partial charge in [-0.3, -0.25) is 4.98 Å². The lowest BCUT2D eigenvalue weighted by Crippen LogP contribution is -1.97. The number of hydrogen-bond acceptors (Lipinski definition) is 1. The number of hydrogen-bond donors (Lipinski definition) is 0. The molecule has 0 radical (unpaired) electrons. The minimum Gasteiger partial charge on any atom is -0.261 e. The first-order valence-corrected chi connectivity index (χ1v) is 5.11. The van der Waals surface area contributed by atoms with Crippen molar-refractivity contribution in [2.24, 2.45) is 0 Å². The van der Waals surface area contributed by atoms with E-state index in [9.17, 15) is 13.2 Å². The van der Waals surface area contributed by atoms with E-state index < -0.39 is 17.5 Å². The molecule has 4 heteroatoms. The largest absolute Gasteiger partial charge is 0.261 e. The van der Waals surface area contributed by atoms with Crippen LogP contribution in [0.5, 0.6) is 0 Å². The molecule has 88 valence electrons. The molecule has 0 fully saturated rings. The number of rotatable bonds is 2. The maximum atomic E-state index is 13.0. The van der Waals surface area contributed by atoms with Gasteiger partial charge in [-0.25, -0.2) is 13.2 Å². The number of aromatic nitrogens is 1. The van der Waals surface area contributed by atoms with Crippen LogP contribution in [0.3, 0.4) is 0 Å². The van der Waals surface area contributed by atoms with Crippen LogP contribution in [0.1, 0.15) is 16.8 Å². The Morgan fingerprint density at radius 2 is 1.71 bits per heavy atom. The summed E-state index contributed by atoms with van der Waals surface area (Å²) in [6, 6.07) is 5.62. The molecule has 0 bridgehead atoms. The molecule has 0 atom stereocenters. The van der Waals surface area contributed by atoms with Crippen molar-refractivity contribution in [3.8, 4) is 0 Å². The topological polar surface area (TPSA) is 12.9 Å². The highest BCUT2D eigenvalue weighted by Crippen LogP contribution is 2.16. The van der Waals surface area contributed by atoms with Crippen molar-refractivity contribution in [3.05, 3.63) is 64.7 Å². The van der Waals surface area contributed by atoms with Crippen LogP contribution in [-0.4, -0.2) is 4.98 Å². The zero-order valence-corrected chi connectivity index (χ0v) is 9.17. The van der Waals surface area contributed by atoms with Crippen LogP contribution in [-0.2, 0) is 6.42 Å². The third-order valence-corrected chi connectivity index (χ3v) is 2.40. The fourth-order valence-corrected chi connectivity index (χ4v) is 1.61. The summed E-state index contributed by atoms with van der Waals surface area (Å²) in [4.78, 5) is 4.08. The van der Waals surface area contributed by atoms with Gasteiger partial charge in [-0.15, -0.1) is 0 Å². The van der Waals surface area contributed by atoms with Gasteiger partial charge < -0.3 is 0 Å². The average molecular weight is 237 g/mol. The maximum absolute atomic E-state index is 13.0. The van der Waals surface area contributed by atoms with E-state index >= 15 is 0 Å². The minimum atomic E-state index is -1.44. The zero-order valence-electron chi connectivity index (χ0n) is 9.17. The molecule has 0 N–H and O–H groups in total. The van der Waals surface area contributed by atoms with Gasteiger partial charge in [-0.2, -0.15) is 0 Å². The molecule has 1 aromatic carbocycles. The van der Waals surface area contributed by atoms with Crippen LogP contribution in [0.25, 0.3) is 0 Å². The Kier molecular flexibility index (Phi) is 3.13. The Bertz CT molecular complexity index is 529. The molecule has 1 heterocycles. The molecule has 0 amide bonds. The molecule has 1 nitrogen and oxygen atoms in total. The summed E-state index contributed by atoms with van der Waals surface area (Å²) in [7, 11) is 0. The summed E-state index contributed by atoms with van der Waals surface area (Å²) in [6.07, 6.45) is 1.90. The molecular formula is C13H10F3N. The number of nitrogens with zero attached hydrogens (tertiary/aromatic N) is 1. The Morgan fingerprint density at radius 1 is 1.06 bits per heavy atom. The normalized spacial score (nSPS) is 10.6. The molecule has 0 aliphatic heterocycles. The minimum absolute atomic E-state index is 0.274. The summed E-state index contributed by atoms with van der Waals surface area (Å²) < 4.78 is 38.7. The predicted octanol–water partition coefficient (Wildman–Crippen LogP) is 3.40. The fourth-order valence-electron chi connectivity index (χ4n) is 1.61. The first-order valence-electron chi connectivity index (χ1n) is 5.11. The number of halogens is 3. The lowest BCUT2D eigenvalue weighted by Gasteiger charge is -2.04. The predicted molar refractivity (Wildman–Crippen MR) is 58.1 cm³/mol. The summed E-state index contributed by atoms with van der Waals surface area (Å²) in [5.41, 5.74) is 2.06. The van der Waals surface area contributed by atoms with Crippen molar-refractivity contribution in [2.75, 3.05) is 0 Å². The average Bonchev–Trinajstić information content (AvgIpc) is 2.26. The Labute approximate surface area is 96.9 Å². The van der Waals surface area contributed by atoms with Crippen molar-refractivity contribution in [1.29, 1.82) is 0 Å². The van der Waals surface area contributed by atoms with E-state index in [0.29, 0.717) is 11.3 Å². The third-order valence-electron chi connectivity index (χ3n) is 2.40. The van der Waals surface area contributed by atoms with Gasteiger partial charge in [0.15, 0.2) is 17.5 Å². The molecule has 0 unspecified atom stereocenters. The fraction of sp³-hybridized carbons (Fsp3) is 0.154. The lowest BCUT2D eigenvalue weighted by molar-refractivity contribution is 0.445. The second-order valence-electron chi connectivity index (χ2n) is 3.87. The van der Waals surface area contributed by atoms with Gasteiger partial charge in [0.1, 0.15) is 0 Å². The first kappa shape index (κ1) is 11.6. The molecule has 2 aromatic rings. The monoisotopic (exact) mass is 237 g/mol. The van der Waals surface area contributed by atoms with Crippen molar-refractivity contribution < 1.29 is 13.2 Å². The Morgan fingerprint density at radius 3 is 2.29 bits per heavy atom. The van der Waals surface area contributed by atoms with Crippen LogP contribution >= 0.6 is 0 Å². The van der Waals surface area contributed by atoms with Crippen LogP contribution in [0, 0.1) is 24.4 Å². The smallest absolute Gasteiger partial charge is 0.194 e. The van der Waals surface area contributed by atoms with Crippen LogP contribution in [0.15, 0.2) is 30.5 Å². The first-order chi connectivity index (χ1) is 8.06. The van der Waals surface area contributed by atoms with Gasteiger partial charge in [-0.1, -0.05) is 0 Å². The van der Waals surface area contributed by atoms with Crippen molar-refractivity contribution >= 4 is 0 Å². The second kappa shape index (κ2) is 4.57. The van der Waals surface area contributed by atoms with E-state index in [1.807, 2.05) is 19.1 Å². The van der Waals surface area contributed by atoms with E-state index in [-0.39, 0.29) is 6.42 Å². The summed E-state index contributed by atoms with van der Waals surface area (Å²) in [6.45, 7) is 1.90. The van der Waals surface area contributed by atoms with Crippen LogP contribution in [0.4, 0.5) is 13.2 Å². The molecule has 1 aromatic heterocycles. The van der Waals surface area contributed by atoms with Crippen molar-refractivity contribution in [3.63, 3.8) is 0 Å². The van der Waals surface area contributed by atoms with Crippen LogP contribution in [0.2, 0.25) is 0 Å². The van der Waals surface area contributed by atoms with E-state index in [4.69, 9.17) is 0 Å². The van der Waals surface area contributed by atoms with E-state index in [1.54, 1.807) is 6.20 Å². The van der Waals surface area contributed by atoms with Crippen LogP contribution < -0.4 is 0 Å². The Balaban J connectivity index is 2.31. The van der Waals surface area contributed by atoms with E-state index in [2.05, 4.69) is 4.98 Å². The summed E-state index contributed by atoms with van der Waals surface area (Å²) in [5.74, 6) is -3.79. The highest BCUT2D eigenvalue weighted by atomic mass is 19.2. The number of aryl methyl sites for hydroxylation is 1. The molecular weight excluding hydrogens is 227 g/mol. The number of pyridine rings is 1. The number of benzene rings is 1. The van der Waals surface area contributed by atoms with Gasteiger partial charge in [0.05, 0.1) is 0 Å². The quantitative estimate of drug-likeness (QED) is 0.729. The molecule has 0 saturated heterocycles. The van der Waals surface area contributed by atoms with Gasteiger partial charge in [0, 0.05) is 18.3 Å². The second-order valence-corrected chi connectivity index (χ2v) is 3.87. The molecule has 0 aliphatic rings. The van der Waals surface area contributed by atoms with E-state index in [1.165, 1.54) is 0 Å². The molecule has 17 heavy (non-hydrogen) atoms. The van der Waals surface area contributed by atoms with Gasteiger partial charge in [0.2, 0.25) is 0 Å². The van der Waals surface area contributed by atoms with E-state index in [0.717, 1.165) is 17.7 Å². The maximum Gasteiger partial charge on any atom is 0.194 e. The Hall–Kier alpha value is -1.84. The van der Waals surface area contributed by atoms with Crippen molar-refractivity contribution in [2.45, 2.75) is 13.3 Å². The van der Waals surface area contributed by atoms with Gasteiger partial charge >= 0.3 is 0 Å². The zero-order chi connectivity index (χ0) is 12.4. The third kappa shape index (κ3) is 2.64. The molecule has 0 aliphatic carbocycles. The van der Waals surface area contributed by atoms with Gasteiger partial charge in [0.25, 0.3) is 0 Å². The highest BCUT2D eigenvalue weighted by Gasteiger charge is 2.10. The van der Waals surface area contributed by atoms with Gasteiger partial charge in [-0.05, 0) is 42.3 Å². The molecule has 0 spiro atoms. The SMILES string of the molecule is Cc1ccnc(Cc2cc(F)c(F)c(F)c2)c1. The van der Waals surface area contributed by atoms with Crippen molar-refractivity contribution in [1.82, 2.24) is 4.98 Å². The molecule has 0 saturated carbocycles. The summed E-state index contributed by atoms with van der Waals surface area (Å²) in [5, 5.41) is 0. The lowest BCUT2D eigenvalue weighted by atomic mass is 10.1.